The van der Waals surface area contributed by atoms with Crippen molar-refractivity contribution in [1.82, 2.24) is 14.7 Å². The summed E-state index contributed by atoms with van der Waals surface area (Å²) < 4.78 is 5.82. The number of fused-ring (bicyclic) bond motifs is 3. The van der Waals surface area contributed by atoms with Crippen molar-refractivity contribution in [2.24, 2.45) is 0 Å². The molecule has 3 aromatic carbocycles. The van der Waals surface area contributed by atoms with E-state index in [0.717, 1.165) is 19.6 Å². The zero-order valence-electron chi connectivity index (χ0n) is 19.7. The Morgan fingerprint density at radius 2 is 1.56 bits per heavy atom. The summed E-state index contributed by atoms with van der Waals surface area (Å²) in [7, 11) is 3.99. The van der Waals surface area contributed by atoms with Crippen molar-refractivity contribution in [3.8, 4) is 16.9 Å². The van der Waals surface area contributed by atoms with Crippen molar-refractivity contribution in [2.45, 2.75) is 6.04 Å². The van der Waals surface area contributed by atoms with E-state index in [1.165, 1.54) is 22.3 Å². The van der Waals surface area contributed by atoms with Crippen LogP contribution in [0.5, 0.6) is 5.75 Å². The number of hydrogen-bond acceptors (Lipinski definition) is 4. The molecule has 1 fully saturated rings. The van der Waals surface area contributed by atoms with E-state index in [9.17, 15) is 4.79 Å². The molecule has 2 aliphatic rings. The molecule has 0 aromatic heterocycles. The summed E-state index contributed by atoms with van der Waals surface area (Å²) in [5.41, 5.74) is 5.99. The van der Waals surface area contributed by atoms with Crippen molar-refractivity contribution >= 4 is 17.5 Å². The van der Waals surface area contributed by atoms with Gasteiger partial charge in [-0.05, 0) is 54.5 Å². The Morgan fingerprint density at radius 1 is 0.941 bits per heavy atom. The van der Waals surface area contributed by atoms with Crippen molar-refractivity contribution in [3.05, 3.63) is 88.4 Å². The van der Waals surface area contributed by atoms with Crippen molar-refractivity contribution in [1.29, 1.82) is 0 Å². The number of likely N-dealkylation sites (N-methyl/N-ethyl adjacent to an activating group) is 1. The molecule has 1 amide bonds. The maximum Gasteiger partial charge on any atom is 0.254 e. The van der Waals surface area contributed by atoms with Crippen molar-refractivity contribution in [2.75, 3.05) is 53.4 Å². The van der Waals surface area contributed by atoms with Gasteiger partial charge in [-0.25, -0.2) is 0 Å². The van der Waals surface area contributed by atoms with Crippen LogP contribution >= 0.6 is 11.6 Å². The standard InChI is InChI=1S/C28H30ClN3O2/c1-30(2)17-18-34-26-19-20(11-12-25(26)29)28(33)32-15-13-31(14-16-32)27-23-9-5-3-7-21(23)22-8-4-6-10-24(22)27/h3-12,19,27H,13-18H2,1-2H3. The fourth-order valence-corrected chi connectivity index (χ4v) is 5.15. The van der Waals surface area contributed by atoms with Gasteiger partial charge in [-0.15, -0.1) is 0 Å². The second-order valence-electron chi connectivity index (χ2n) is 9.20. The Hall–Kier alpha value is -2.86. The molecule has 0 bridgehead atoms. The van der Waals surface area contributed by atoms with Gasteiger partial charge in [0.05, 0.1) is 11.1 Å². The molecule has 0 unspecified atom stereocenters. The quantitative estimate of drug-likeness (QED) is 0.512. The first kappa shape index (κ1) is 22.9. The summed E-state index contributed by atoms with van der Waals surface area (Å²) in [6.07, 6.45) is 0. The number of hydrogen-bond donors (Lipinski definition) is 0. The number of benzene rings is 3. The molecule has 1 saturated heterocycles. The number of rotatable bonds is 6. The molecule has 1 aliphatic carbocycles. The Kier molecular flexibility index (Phi) is 6.59. The van der Waals surface area contributed by atoms with Crippen molar-refractivity contribution in [3.63, 3.8) is 0 Å². The average Bonchev–Trinajstić information content (AvgIpc) is 3.19. The minimum atomic E-state index is 0.0287. The zero-order chi connectivity index (χ0) is 23.7. The molecule has 34 heavy (non-hydrogen) atoms. The van der Waals surface area contributed by atoms with Crippen LogP contribution in [0.3, 0.4) is 0 Å². The van der Waals surface area contributed by atoms with Crippen LogP contribution in [0.25, 0.3) is 11.1 Å². The first-order chi connectivity index (χ1) is 16.5. The number of nitrogens with zero attached hydrogens (tertiary/aromatic N) is 3. The van der Waals surface area contributed by atoms with E-state index in [1.54, 1.807) is 18.2 Å². The summed E-state index contributed by atoms with van der Waals surface area (Å²) >= 11 is 6.31. The topological polar surface area (TPSA) is 36.0 Å². The van der Waals surface area contributed by atoms with E-state index in [2.05, 4.69) is 53.4 Å². The highest BCUT2D eigenvalue weighted by molar-refractivity contribution is 6.32. The second-order valence-corrected chi connectivity index (χ2v) is 9.61. The molecule has 0 N–H and O–H groups in total. The summed E-state index contributed by atoms with van der Waals surface area (Å²) in [6, 6.07) is 22.9. The van der Waals surface area contributed by atoms with E-state index in [-0.39, 0.29) is 11.9 Å². The van der Waals surface area contributed by atoms with Crippen LogP contribution in [-0.2, 0) is 0 Å². The molecule has 3 aromatic rings. The van der Waals surface area contributed by atoms with E-state index in [1.807, 2.05) is 23.9 Å². The van der Waals surface area contributed by atoms with Gasteiger partial charge in [0.15, 0.2) is 0 Å². The van der Waals surface area contributed by atoms with Crippen LogP contribution in [0.4, 0.5) is 0 Å². The Labute approximate surface area is 206 Å². The number of carbonyl (C=O) groups is 1. The molecule has 5 nitrogen and oxygen atoms in total. The molecule has 0 radical (unpaired) electrons. The van der Waals surface area contributed by atoms with E-state index >= 15 is 0 Å². The van der Waals surface area contributed by atoms with Crippen LogP contribution in [0, 0.1) is 0 Å². The van der Waals surface area contributed by atoms with Crippen LogP contribution in [0.2, 0.25) is 5.02 Å². The lowest BCUT2D eigenvalue weighted by Crippen LogP contribution is -2.49. The molecule has 0 atom stereocenters. The molecule has 0 saturated carbocycles. The summed E-state index contributed by atoms with van der Waals surface area (Å²) in [5, 5.41) is 0.527. The molecule has 6 heteroatoms. The third-order valence-corrected chi connectivity index (χ3v) is 7.05. The predicted molar refractivity (Wildman–Crippen MR) is 137 cm³/mol. The van der Waals surface area contributed by atoms with E-state index < -0.39 is 0 Å². The van der Waals surface area contributed by atoms with Crippen molar-refractivity contribution < 1.29 is 9.53 Å². The smallest absolute Gasteiger partial charge is 0.254 e. The molecular weight excluding hydrogens is 446 g/mol. The third-order valence-electron chi connectivity index (χ3n) is 6.74. The van der Waals surface area contributed by atoms with Crippen LogP contribution in [-0.4, -0.2) is 74.0 Å². The van der Waals surface area contributed by atoms with Gasteiger partial charge < -0.3 is 14.5 Å². The lowest BCUT2D eigenvalue weighted by Gasteiger charge is -2.38. The zero-order valence-corrected chi connectivity index (χ0v) is 20.5. The first-order valence-electron chi connectivity index (χ1n) is 11.8. The summed E-state index contributed by atoms with van der Waals surface area (Å²) in [4.78, 5) is 19.8. The normalized spacial score (nSPS) is 15.9. The Morgan fingerprint density at radius 3 is 2.18 bits per heavy atom. The minimum absolute atomic E-state index is 0.0287. The molecule has 1 aliphatic heterocycles. The molecule has 176 valence electrons. The van der Waals surface area contributed by atoms with Gasteiger partial charge in [0, 0.05) is 38.3 Å². The largest absolute Gasteiger partial charge is 0.491 e. The van der Waals surface area contributed by atoms with Gasteiger partial charge in [0.2, 0.25) is 0 Å². The van der Waals surface area contributed by atoms with Gasteiger partial charge in [0.1, 0.15) is 12.4 Å². The highest BCUT2D eigenvalue weighted by Crippen LogP contribution is 2.46. The molecular formula is C28H30ClN3O2. The van der Waals surface area contributed by atoms with Gasteiger partial charge in [0.25, 0.3) is 5.91 Å². The van der Waals surface area contributed by atoms with Gasteiger partial charge >= 0.3 is 0 Å². The van der Waals surface area contributed by atoms with Gasteiger partial charge in [-0.2, -0.15) is 0 Å². The first-order valence-corrected chi connectivity index (χ1v) is 12.2. The second kappa shape index (κ2) is 9.79. The summed E-state index contributed by atoms with van der Waals surface area (Å²) in [6.45, 7) is 4.35. The minimum Gasteiger partial charge on any atom is -0.491 e. The fourth-order valence-electron chi connectivity index (χ4n) is 4.97. The monoisotopic (exact) mass is 475 g/mol. The summed E-state index contributed by atoms with van der Waals surface area (Å²) in [5.74, 6) is 0.591. The SMILES string of the molecule is CN(C)CCOc1cc(C(=O)N2CCN(C3c4ccccc4-c4ccccc43)CC2)ccc1Cl. The predicted octanol–water partition coefficient (Wildman–Crippen LogP) is 4.81. The third kappa shape index (κ3) is 4.43. The number of halogens is 1. The van der Waals surface area contributed by atoms with Crippen LogP contribution < -0.4 is 4.74 Å². The number of amides is 1. The fraction of sp³-hybridized carbons (Fsp3) is 0.321. The number of carbonyl (C=O) groups excluding carboxylic acids is 1. The molecule has 0 spiro atoms. The number of piperazine rings is 1. The average molecular weight is 476 g/mol. The van der Waals surface area contributed by atoms with Gasteiger partial charge in [-0.3, -0.25) is 9.69 Å². The van der Waals surface area contributed by atoms with Crippen LogP contribution in [0.1, 0.15) is 27.5 Å². The lowest BCUT2D eigenvalue weighted by molar-refractivity contribution is 0.0599. The number of ether oxygens (including phenoxy) is 1. The highest BCUT2D eigenvalue weighted by atomic mass is 35.5. The molecule has 1 heterocycles. The molecule has 5 rings (SSSR count). The maximum atomic E-state index is 13.3. The Balaban J connectivity index is 1.28. The maximum absolute atomic E-state index is 13.3. The van der Waals surface area contributed by atoms with Gasteiger partial charge in [-0.1, -0.05) is 60.1 Å². The lowest BCUT2D eigenvalue weighted by atomic mass is 10.0. The Bertz CT molecular complexity index is 1140. The van der Waals surface area contributed by atoms with Crippen LogP contribution in [0.15, 0.2) is 66.7 Å². The highest BCUT2D eigenvalue weighted by Gasteiger charge is 2.35. The van der Waals surface area contributed by atoms with E-state index in [4.69, 9.17) is 16.3 Å². The van der Waals surface area contributed by atoms with E-state index in [0.29, 0.717) is 36.0 Å².